The van der Waals surface area contributed by atoms with Crippen LogP contribution < -0.4 is 19.7 Å². The molecule has 0 saturated carbocycles. The first-order valence-electron chi connectivity index (χ1n) is 13.7. The maximum absolute atomic E-state index is 12.8. The molecule has 1 saturated heterocycles. The molecule has 43 heavy (non-hydrogen) atoms. The van der Waals surface area contributed by atoms with Gasteiger partial charge in [-0.3, -0.25) is 14.9 Å². The highest BCUT2D eigenvalue weighted by Crippen LogP contribution is 2.38. The lowest BCUT2D eigenvalue weighted by Gasteiger charge is -2.31. The summed E-state index contributed by atoms with van der Waals surface area (Å²) in [4.78, 5) is 52.3. The summed E-state index contributed by atoms with van der Waals surface area (Å²) < 4.78 is 21.0. The van der Waals surface area contributed by atoms with Gasteiger partial charge < -0.3 is 29.2 Å². The second-order valence-corrected chi connectivity index (χ2v) is 11.7. The molecule has 0 bridgehead atoms. The van der Waals surface area contributed by atoms with Gasteiger partial charge in [0.25, 0.3) is 11.6 Å². The highest BCUT2D eigenvalue weighted by atomic mass is 32.1. The van der Waals surface area contributed by atoms with Crippen molar-refractivity contribution in [2.45, 2.75) is 33.1 Å². The summed E-state index contributed by atoms with van der Waals surface area (Å²) in [6.07, 6.45) is 2.23. The minimum Gasteiger partial charge on any atom is -0.465 e. The largest absolute Gasteiger partial charge is 0.465 e. The average Bonchev–Trinajstić information content (AvgIpc) is 3.59. The molecular formula is C30H31N3O9S. The number of hydrogen-bond donors (Lipinski definition) is 1. The van der Waals surface area contributed by atoms with Crippen LogP contribution in [0.1, 0.15) is 56.5 Å². The second kappa shape index (κ2) is 12.7. The monoisotopic (exact) mass is 609 g/mol. The number of ether oxygens (including phenoxy) is 4. The second-order valence-electron chi connectivity index (χ2n) is 10.5. The van der Waals surface area contributed by atoms with Gasteiger partial charge in [0.2, 0.25) is 6.79 Å². The minimum atomic E-state index is -0.879. The Morgan fingerprint density at radius 1 is 1.09 bits per heavy atom. The maximum atomic E-state index is 12.8. The Labute approximate surface area is 251 Å². The number of amides is 1. The van der Waals surface area contributed by atoms with Crippen molar-refractivity contribution in [3.8, 4) is 11.5 Å². The van der Waals surface area contributed by atoms with Crippen LogP contribution in [-0.2, 0) is 20.7 Å². The highest BCUT2D eigenvalue weighted by Gasteiger charge is 2.27. The zero-order chi connectivity index (χ0) is 30.7. The Morgan fingerprint density at radius 2 is 1.84 bits per heavy atom. The first-order chi connectivity index (χ1) is 20.6. The smallest absolute Gasteiger partial charge is 0.341 e. The van der Waals surface area contributed by atoms with E-state index in [0.717, 1.165) is 23.3 Å². The number of hydrogen-bond acceptors (Lipinski definition) is 11. The van der Waals surface area contributed by atoms with Gasteiger partial charge in [0.1, 0.15) is 10.7 Å². The van der Waals surface area contributed by atoms with E-state index in [1.807, 2.05) is 24.0 Å². The number of carbonyl (C=O) groups excluding carboxylic acids is 3. The number of nitro groups is 1. The van der Waals surface area contributed by atoms with Gasteiger partial charge in [-0.1, -0.05) is 13.0 Å². The predicted octanol–water partition coefficient (Wildman–Crippen LogP) is 5.10. The normalized spacial score (nSPS) is 14.3. The Hall–Kier alpha value is -4.65. The summed E-state index contributed by atoms with van der Waals surface area (Å²) in [5, 5.41) is 14.7. The molecule has 0 unspecified atom stereocenters. The fraction of sp³-hybridized carbons (Fsp3) is 0.367. The van der Waals surface area contributed by atoms with E-state index in [-0.39, 0.29) is 28.6 Å². The molecule has 2 aliphatic rings. The molecule has 226 valence electrons. The zero-order valence-corrected chi connectivity index (χ0v) is 24.8. The first kappa shape index (κ1) is 29.8. The van der Waals surface area contributed by atoms with Crippen LogP contribution in [0.4, 0.5) is 16.4 Å². The van der Waals surface area contributed by atoms with E-state index in [0.29, 0.717) is 48.2 Å². The van der Waals surface area contributed by atoms with E-state index in [1.165, 1.54) is 30.6 Å². The average molecular weight is 610 g/mol. The Kier molecular flexibility index (Phi) is 8.81. The fourth-order valence-electron chi connectivity index (χ4n) is 5.14. The summed E-state index contributed by atoms with van der Waals surface area (Å²) >= 11 is 1.20. The van der Waals surface area contributed by atoms with Gasteiger partial charge in [0.15, 0.2) is 18.1 Å². The zero-order valence-electron chi connectivity index (χ0n) is 24.0. The molecule has 13 heteroatoms. The van der Waals surface area contributed by atoms with Gasteiger partial charge in [-0.25, -0.2) is 9.59 Å². The lowest BCUT2D eigenvalue weighted by molar-refractivity contribution is -0.384. The summed E-state index contributed by atoms with van der Waals surface area (Å²) in [5.41, 5.74) is 1.98. The number of piperidine rings is 1. The van der Waals surface area contributed by atoms with E-state index in [4.69, 9.17) is 18.9 Å². The topological polar surface area (TPSA) is 147 Å². The van der Waals surface area contributed by atoms with Crippen molar-refractivity contribution in [2.75, 3.05) is 43.8 Å². The molecule has 3 aromatic rings. The fourth-order valence-corrected chi connectivity index (χ4v) is 6.22. The van der Waals surface area contributed by atoms with Crippen LogP contribution >= 0.6 is 11.3 Å². The molecule has 0 spiro atoms. The highest BCUT2D eigenvalue weighted by molar-refractivity contribution is 7.16. The Bertz CT molecular complexity index is 1580. The van der Waals surface area contributed by atoms with Gasteiger partial charge in [-0.05, 0) is 67.5 Å². The third-order valence-corrected chi connectivity index (χ3v) is 8.60. The number of thiophene rings is 1. The van der Waals surface area contributed by atoms with Crippen molar-refractivity contribution in [1.82, 2.24) is 0 Å². The number of methoxy groups -OCH3 is 1. The summed E-state index contributed by atoms with van der Waals surface area (Å²) in [7, 11) is 1.25. The standard InChI is InChI=1S/C30H31N3O9S/c1-17-8-10-32(11-9-17)22-6-5-20(14-23(22)33(37)38)29(35)40-15-26(34)31-28-27(30(36)39-3)21(18(2)43-28)12-19-4-7-24-25(13-19)42-16-41-24/h4-7,13-14,17H,8-12,15-16H2,1-3H3,(H,31,34). The van der Waals surface area contributed by atoms with Crippen molar-refractivity contribution in [3.63, 3.8) is 0 Å². The van der Waals surface area contributed by atoms with Crippen LogP contribution in [0.3, 0.4) is 0 Å². The molecule has 0 aliphatic carbocycles. The third kappa shape index (κ3) is 6.56. The van der Waals surface area contributed by atoms with Crippen LogP contribution in [0.5, 0.6) is 11.5 Å². The SMILES string of the molecule is COC(=O)c1c(NC(=O)COC(=O)c2ccc(N3CCC(C)CC3)c([N+](=O)[O-])c2)sc(C)c1Cc1ccc2c(c1)OCO2. The minimum absolute atomic E-state index is 0.0399. The van der Waals surface area contributed by atoms with Gasteiger partial charge in [-0.2, -0.15) is 0 Å². The molecule has 1 amide bonds. The van der Waals surface area contributed by atoms with Crippen molar-refractivity contribution in [3.05, 3.63) is 73.6 Å². The van der Waals surface area contributed by atoms with Crippen molar-refractivity contribution >= 4 is 45.6 Å². The molecule has 0 radical (unpaired) electrons. The third-order valence-electron chi connectivity index (χ3n) is 7.54. The van der Waals surface area contributed by atoms with Crippen LogP contribution in [-0.4, -0.2) is 56.4 Å². The van der Waals surface area contributed by atoms with Gasteiger partial charge in [-0.15, -0.1) is 11.3 Å². The van der Waals surface area contributed by atoms with Crippen LogP contribution in [0.25, 0.3) is 0 Å². The number of fused-ring (bicyclic) bond motifs is 1. The van der Waals surface area contributed by atoms with Crippen LogP contribution in [0.2, 0.25) is 0 Å². The number of benzene rings is 2. The maximum Gasteiger partial charge on any atom is 0.341 e. The number of nitrogens with zero attached hydrogens (tertiary/aromatic N) is 2. The molecule has 1 aromatic heterocycles. The molecule has 1 N–H and O–H groups in total. The molecule has 2 aromatic carbocycles. The lowest BCUT2D eigenvalue weighted by atomic mass is 9.98. The van der Waals surface area contributed by atoms with Gasteiger partial charge in [0.05, 0.1) is 23.2 Å². The first-order valence-corrected chi connectivity index (χ1v) is 14.6. The van der Waals surface area contributed by atoms with E-state index < -0.39 is 29.4 Å². The lowest BCUT2D eigenvalue weighted by Crippen LogP contribution is -2.33. The summed E-state index contributed by atoms with van der Waals surface area (Å²) in [5.74, 6) is -0.369. The van der Waals surface area contributed by atoms with Crippen LogP contribution in [0.15, 0.2) is 36.4 Å². The van der Waals surface area contributed by atoms with Crippen molar-refractivity contribution < 1.29 is 38.3 Å². The molecule has 5 rings (SSSR count). The molecule has 12 nitrogen and oxygen atoms in total. The quantitative estimate of drug-likeness (QED) is 0.197. The molecule has 3 heterocycles. The number of esters is 2. The number of carbonyl (C=O) groups is 3. The number of nitrogens with one attached hydrogen (secondary N) is 1. The van der Waals surface area contributed by atoms with Crippen LogP contribution in [0, 0.1) is 23.0 Å². The van der Waals surface area contributed by atoms with E-state index in [2.05, 4.69) is 12.2 Å². The molecule has 0 atom stereocenters. The van der Waals surface area contributed by atoms with E-state index in [1.54, 1.807) is 12.1 Å². The van der Waals surface area contributed by atoms with E-state index >= 15 is 0 Å². The summed E-state index contributed by atoms with van der Waals surface area (Å²) in [6, 6.07) is 9.68. The van der Waals surface area contributed by atoms with Gasteiger partial charge in [0, 0.05) is 24.0 Å². The number of aryl methyl sites for hydroxylation is 1. The van der Waals surface area contributed by atoms with Crippen molar-refractivity contribution in [1.29, 1.82) is 0 Å². The molecular weight excluding hydrogens is 578 g/mol. The summed E-state index contributed by atoms with van der Waals surface area (Å²) in [6.45, 7) is 4.85. The number of rotatable bonds is 9. The number of anilines is 2. The Morgan fingerprint density at radius 3 is 2.56 bits per heavy atom. The Balaban J connectivity index is 1.27. The predicted molar refractivity (Wildman–Crippen MR) is 158 cm³/mol. The van der Waals surface area contributed by atoms with E-state index in [9.17, 15) is 24.5 Å². The van der Waals surface area contributed by atoms with Crippen molar-refractivity contribution in [2.24, 2.45) is 5.92 Å². The van der Waals surface area contributed by atoms with Gasteiger partial charge >= 0.3 is 11.9 Å². The molecule has 2 aliphatic heterocycles. The molecule has 1 fully saturated rings. The number of nitro benzene ring substituents is 1.